The second-order valence-electron chi connectivity index (χ2n) is 4.16. The summed E-state index contributed by atoms with van der Waals surface area (Å²) in [6, 6.07) is 8.13. The molecule has 5 nitrogen and oxygen atoms in total. The minimum absolute atomic E-state index is 0.168. The largest absolute Gasteiger partial charge is 0.496 e. The van der Waals surface area contributed by atoms with Crippen molar-refractivity contribution in [3.63, 3.8) is 0 Å². The summed E-state index contributed by atoms with van der Waals surface area (Å²) in [5.41, 5.74) is 1.49. The zero-order valence-corrected chi connectivity index (χ0v) is 10.6. The van der Waals surface area contributed by atoms with Crippen LogP contribution < -0.4 is 4.74 Å². The Morgan fingerprint density at radius 2 is 2.05 bits per heavy atom. The van der Waals surface area contributed by atoms with Gasteiger partial charge in [0.2, 0.25) is 5.76 Å². The molecule has 0 saturated carbocycles. The molecular formula is C14H14O5. The van der Waals surface area contributed by atoms with E-state index < -0.39 is 12.1 Å². The first kappa shape index (κ1) is 13.2. The number of aliphatic hydroxyl groups is 1. The first-order chi connectivity index (χ1) is 9.02. The summed E-state index contributed by atoms with van der Waals surface area (Å²) in [7, 11) is 1.51. The highest BCUT2D eigenvalue weighted by molar-refractivity contribution is 5.84. The molecule has 0 aliphatic rings. The number of hydrogen-bond acceptors (Lipinski definition) is 4. The fourth-order valence-corrected chi connectivity index (χ4v) is 1.84. The minimum Gasteiger partial charge on any atom is -0.496 e. The molecule has 0 amide bonds. The Labute approximate surface area is 110 Å². The summed E-state index contributed by atoms with van der Waals surface area (Å²) in [5.74, 6) is -0.692. The molecule has 2 aromatic rings. The molecule has 0 aliphatic carbocycles. The highest BCUT2D eigenvalue weighted by Crippen LogP contribution is 2.31. The Hall–Kier alpha value is -2.27. The van der Waals surface area contributed by atoms with E-state index in [1.807, 2.05) is 13.0 Å². The maximum atomic E-state index is 10.8. The summed E-state index contributed by atoms with van der Waals surface area (Å²) in [6.07, 6.45) is -1.07. The number of hydrogen-bond donors (Lipinski definition) is 2. The van der Waals surface area contributed by atoms with E-state index in [2.05, 4.69) is 0 Å². The number of aryl methyl sites for hydroxylation is 1. The summed E-state index contributed by atoms with van der Waals surface area (Å²) in [5, 5.41) is 19.1. The van der Waals surface area contributed by atoms with E-state index in [4.69, 9.17) is 14.3 Å². The van der Waals surface area contributed by atoms with Crippen LogP contribution in [0.5, 0.6) is 5.75 Å². The molecule has 1 aromatic carbocycles. The van der Waals surface area contributed by atoms with E-state index in [0.29, 0.717) is 11.3 Å². The van der Waals surface area contributed by atoms with E-state index >= 15 is 0 Å². The van der Waals surface area contributed by atoms with Crippen molar-refractivity contribution in [2.24, 2.45) is 0 Å². The molecule has 19 heavy (non-hydrogen) atoms. The molecule has 0 bridgehead atoms. The third-order valence-electron chi connectivity index (χ3n) is 2.79. The van der Waals surface area contributed by atoms with Crippen LogP contribution >= 0.6 is 0 Å². The van der Waals surface area contributed by atoms with Crippen LogP contribution in [0.3, 0.4) is 0 Å². The van der Waals surface area contributed by atoms with Gasteiger partial charge in [-0.15, -0.1) is 0 Å². The number of furan rings is 1. The molecule has 0 spiro atoms. The molecule has 1 unspecified atom stereocenters. The van der Waals surface area contributed by atoms with Crippen molar-refractivity contribution in [2.45, 2.75) is 13.0 Å². The van der Waals surface area contributed by atoms with Gasteiger partial charge in [-0.05, 0) is 31.2 Å². The molecule has 2 rings (SSSR count). The number of rotatable bonds is 4. The maximum absolute atomic E-state index is 10.8. The Bertz CT molecular complexity index is 600. The second-order valence-corrected chi connectivity index (χ2v) is 4.16. The lowest BCUT2D eigenvalue weighted by Crippen LogP contribution is -2.02. The van der Waals surface area contributed by atoms with E-state index in [9.17, 15) is 9.90 Å². The first-order valence-electron chi connectivity index (χ1n) is 5.68. The van der Waals surface area contributed by atoms with Crippen molar-refractivity contribution < 1.29 is 24.2 Å². The van der Waals surface area contributed by atoms with Crippen LogP contribution in [0.4, 0.5) is 0 Å². The molecule has 2 N–H and O–H groups in total. The molecule has 5 heteroatoms. The van der Waals surface area contributed by atoms with Crippen molar-refractivity contribution in [2.75, 3.05) is 7.11 Å². The van der Waals surface area contributed by atoms with Crippen molar-refractivity contribution in [1.29, 1.82) is 0 Å². The van der Waals surface area contributed by atoms with Crippen molar-refractivity contribution in [1.82, 2.24) is 0 Å². The van der Waals surface area contributed by atoms with Crippen molar-refractivity contribution in [3.05, 3.63) is 53.0 Å². The average molecular weight is 262 g/mol. The number of aromatic carboxylic acids is 1. The van der Waals surface area contributed by atoms with Crippen LogP contribution in [0.2, 0.25) is 0 Å². The SMILES string of the molecule is COc1ccc(C)cc1C(O)c1ccc(C(=O)O)o1. The normalized spacial score (nSPS) is 12.2. The number of ether oxygens (including phenoxy) is 1. The number of aliphatic hydroxyl groups excluding tert-OH is 1. The third kappa shape index (κ3) is 2.61. The molecule has 100 valence electrons. The molecule has 1 atom stereocenters. The molecule has 0 aliphatic heterocycles. The van der Waals surface area contributed by atoms with Gasteiger partial charge in [0.05, 0.1) is 7.11 Å². The Balaban J connectivity index is 2.39. The summed E-state index contributed by atoms with van der Waals surface area (Å²) < 4.78 is 10.3. The highest BCUT2D eigenvalue weighted by atomic mass is 16.5. The Kier molecular flexibility index (Phi) is 3.57. The van der Waals surface area contributed by atoms with Gasteiger partial charge in [0.15, 0.2) is 0 Å². The molecule has 1 aromatic heterocycles. The maximum Gasteiger partial charge on any atom is 0.371 e. The molecule has 1 heterocycles. The van der Waals surface area contributed by atoms with E-state index in [0.717, 1.165) is 5.56 Å². The van der Waals surface area contributed by atoms with E-state index in [1.54, 1.807) is 12.1 Å². The average Bonchev–Trinajstić information content (AvgIpc) is 2.87. The Morgan fingerprint density at radius 3 is 2.63 bits per heavy atom. The van der Waals surface area contributed by atoms with Crippen LogP contribution in [0, 0.1) is 6.92 Å². The standard InChI is InChI=1S/C14H14O5/c1-8-3-4-10(18-2)9(7-8)13(15)11-5-6-12(19-11)14(16)17/h3-7,13,15H,1-2H3,(H,16,17). The lowest BCUT2D eigenvalue weighted by molar-refractivity contribution is 0.0655. The van der Waals surface area contributed by atoms with Gasteiger partial charge in [0.1, 0.15) is 17.6 Å². The summed E-state index contributed by atoms with van der Waals surface area (Å²) in [4.78, 5) is 10.8. The topological polar surface area (TPSA) is 79.9 Å². The van der Waals surface area contributed by atoms with Gasteiger partial charge < -0.3 is 19.4 Å². The van der Waals surface area contributed by atoms with Crippen LogP contribution in [0.25, 0.3) is 0 Å². The number of carbonyl (C=O) groups is 1. The lowest BCUT2D eigenvalue weighted by Gasteiger charge is -2.13. The smallest absolute Gasteiger partial charge is 0.371 e. The van der Waals surface area contributed by atoms with E-state index in [1.165, 1.54) is 19.2 Å². The molecule has 0 radical (unpaired) electrons. The number of carboxylic acid groups (broad SMARTS) is 1. The summed E-state index contributed by atoms with van der Waals surface area (Å²) >= 11 is 0. The fraction of sp³-hybridized carbons (Fsp3) is 0.214. The van der Waals surface area contributed by atoms with Crippen LogP contribution in [-0.4, -0.2) is 23.3 Å². The number of carboxylic acids is 1. The number of methoxy groups -OCH3 is 1. The minimum atomic E-state index is -1.17. The van der Waals surface area contributed by atoms with Crippen molar-refractivity contribution >= 4 is 5.97 Å². The lowest BCUT2D eigenvalue weighted by atomic mass is 10.0. The highest BCUT2D eigenvalue weighted by Gasteiger charge is 2.20. The van der Waals surface area contributed by atoms with E-state index in [-0.39, 0.29) is 11.5 Å². The number of benzene rings is 1. The monoisotopic (exact) mass is 262 g/mol. The van der Waals surface area contributed by atoms with Gasteiger partial charge in [0, 0.05) is 5.56 Å². The van der Waals surface area contributed by atoms with Crippen LogP contribution in [0.15, 0.2) is 34.7 Å². The van der Waals surface area contributed by atoms with Gasteiger partial charge in [-0.25, -0.2) is 4.79 Å². The van der Waals surface area contributed by atoms with Gasteiger partial charge >= 0.3 is 5.97 Å². The summed E-state index contributed by atoms with van der Waals surface area (Å²) in [6.45, 7) is 1.89. The van der Waals surface area contributed by atoms with Gasteiger partial charge in [-0.1, -0.05) is 11.6 Å². The van der Waals surface area contributed by atoms with Gasteiger partial charge in [-0.3, -0.25) is 0 Å². The fourth-order valence-electron chi connectivity index (χ4n) is 1.84. The van der Waals surface area contributed by atoms with Crippen molar-refractivity contribution in [3.8, 4) is 5.75 Å². The van der Waals surface area contributed by atoms with Crippen LogP contribution in [0.1, 0.15) is 33.5 Å². The second kappa shape index (κ2) is 5.16. The zero-order valence-electron chi connectivity index (χ0n) is 10.6. The quantitative estimate of drug-likeness (QED) is 0.884. The first-order valence-corrected chi connectivity index (χ1v) is 5.68. The molecular weight excluding hydrogens is 248 g/mol. The predicted octanol–water partition coefficient (Wildman–Crippen LogP) is 2.38. The zero-order chi connectivity index (χ0) is 14.0. The predicted molar refractivity (Wildman–Crippen MR) is 67.5 cm³/mol. The van der Waals surface area contributed by atoms with Gasteiger partial charge in [-0.2, -0.15) is 0 Å². The Morgan fingerprint density at radius 1 is 1.32 bits per heavy atom. The molecule has 0 saturated heterocycles. The van der Waals surface area contributed by atoms with Crippen LogP contribution in [-0.2, 0) is 0 Å². The molecule has 0 fully saturated rings. The third-order valence-corrected chi connectivity index (χ3v) is 2.79. The van der Waals surface area contributed by atoms with Gasteiger partial charge in [0.25, 0.3) is 0 Å².